The van der Waals surface area contributed by atoms with Gasteiger partial charge in [0.2, 0.25) is 5.91 Å². The predicted octanol–water partition coefficient (Wildman–Crippen LogP) is 15.9. The Hall–Kier alpha value is -1.66. The molecule has 354 valence electrons. The first-order valence-electron chi connectivity index (χ1n) is 26.6. The van der Waals surface area contributed by atoms with Crippen LogP contribution in [0.2, 0.25) is 0 Å². The van der Waals surface area contributed by atoms with Crippen LogP contribution in [0.15, 0.2) is 24.3 Å². The Morgan fingerprint density at radius 2 is 0.783 bits per heavy atom. The summed E-state index contributed by atoms with van der Waals surface area (Å²) in [4.78, 5) is 24.5. The van der Waals surface area contributed by atoms with Crippen molar-refractivity contribution in [3.8, 4) is 0 Å². The second-order valence-corrected chi connectivity index (χ2v) is 18.2. The molecule has 60 heavy (non-hydrogen) atoms. The zero-order valence-electron chi connectivity index (χ0n) is 40.2. The quantitative estimate of drug-likeness (QED) is 0.0322. The van der Waals surface area contributed by atoms with Gasteiger partial charge in [0, 0.05) is 12.8 Å². The maximum absolute atomic E-state index is 12.4. The normalized spacial score (nSPS) is 12.8. The summed E-state index contributed by atoms with van der Waals surface area (Å²) >= 11 is 0. The van der Waals surface area contributed by atoms with Crippen LogP contribution in [-0.4, -0.2) is 47.4 Å². The fourth-order valence-electron chi connectivity index (χ4n) is 8.10. The van der Waals surface area contributed by atoms with Crippen LogP contribution in [0.3, 0.4) is 0 Å². The molecule has 0 saturated heterocycles. The minimum atomic E-state index is -0.850. The van der Waals surface area contributed by atoms with Crippen LogP contribution in [0.1, 0.15) is 284 Å². The smallest absolute Gasteiger partial charge is 0.305 e. The first-order chi connectivity index (χ1) is 29.5. The highest BCUT2D eigenvalue weighted by molar-refractivity contribution is 5.76. The summed E-state index contributed by atoms with van der Waals surface area (Å²) in [6.07, 6.45) is 58.9. The molecule has 6 nitrogen and oxygen atoms in total. The fraction of sp³-hybridized carbons (Fsp3) is 0.889. The second kappa shape index (κ2) is 50.0. The number of aliphatic hydroxyl groups is 2. The number of nitrogens with one attached hydrogen (secondary N) is 1. The van der Waals surface area contributed by atoms with Crippen molar-refractivity contribution in [2.75, 3.05) is 13.2 Å². The van der Waals surface area contributed by atoms with Crippen LogP contribution in [0, 0.1) is 0 Å². The van der Waals surface area contributed by atoms with Gasteiger partial charge in [0.05, 0.1) is 25.4 Å². The van der Waals surface area contributed by atoms with Crippen molar-refractivity contribution in [2.24, 2.45) is 0 Å². The Kier molecular flexibility index (Phi) is 48.6. The maximum atomic E-state index is 12.4. The average molecular weight is 846 g/mol. The second-order valence-electron chi connectivity index (χ2n) is 18.2. The molecule has 6 heteroatoms. The van der Waals surface area contributed by atoms with E-state index in [0.717, 1.165) is 57.8 Å². The molecule has 0 aromatic heterocycles. The van der Waals surface area contributed by atoms with Crippen molar-refractivity contribution >= 4 is 11.9 Å². The summed E-state index contributed by atoms with van der Waals surface area (Å²) in [5, 5.41) is 23.0. The molecule has 0 aliphatic heterocycles. The molecular formula is C54H103NO5. The zero-order valence-corrected chi connectivity index (χ0v) is 40.2. The molecular weight excluding hydrogens is 743 g/mol. The average Bonchev–Trinajstić information content (AvgIpc) is 3.25. The summed E-state index contributed by atoms with van der Waals surface area (Å²) < 4.78 is 5.47. The van der Waals surface area contributed by atoms with Crippen LogP contribution in [-0.2, 0) is 14.3 Å². The monoisotopic (exact) mass is 846 g/mol. The van der Waals surface area contributed by atoms with E-state index in [1.165, 1.54) is 199 Å². The number of esters is 1. The highest BCUT2D eigenvalue weighted by Crippen LogP contribution is 2.16. The first-order valence-corrected chi connectivity index (χ1v) is 26.6. The Bertz CT molecular complexity index is 935. The number of aliphatic hydroxyl groups excluding tert-OH is 2. The highest BCUT2D eigenvalue weighted by Gasteiger charge is 2.18. The molecule has 1 amide bonds. The van der Waals surface area contributed by atoms with Gasteiger partial charge in [-0.1, -0.05) is 237 Å². The van der Waals surface area contributed by atoms with Gasteiger partial charge in [0.25, 0.3) is 0 Å². The number of carbonyl (C=O) groups excluding carboxylic acids is 2. The molecule has 0 aliphatic carbocycles. The molecule has 0 aromatic rings. The molecule has 0 rings (SSSR count). The van der Waals surface area contributed by atoms with Crippen molar-refractivity contribution in [2.45, 2.75) is 296 Å². The number of hydrogen-bond acceptors (Lipinski definition) is 5. The van der Waals surface area contributed by atoms with Crippen molar-refractivity contribution < 1.29 is 24.5 Å². The molecule has 2 atom stereocenters. The number of hydrogen-bond donors (Lipinski definition) is 3. The first kappa shape index (κ1) is 58.3. The number of amides is 1. The van der Waals surface area contributed by atoms with E-state index in [1.54, 1.807) is 6.08 Å². The van der Waals surface area contributed by atoms with Gasteiger partial charge in [-0.25, -0.2) is 0 Å². The lowest BCUT2D eigenvalue weighted by Crippen LogP contribution is -2.45. The van der Waals surface area contributed by atoms with E-state index in [-0.39, 0.29) is 18.5 Å². The van der Waals surface area contributed by atoms with Gasteiger partial charge in [0.15, 0.2) is 0 Å². The van der Waals surface area contributed by atoms with Gasteiger partial charge < -0.3 is 20.3 Å². The number of carbonyl (C=O) groups is 2. The van der Waals surface area contributed by atoms with Crippen molar-refractivity contribution in [3.63, 3.8) is 0 Å². The van der Waals surface area contributed by atoms with Crippen molar-refractivity contribution in [1.29, 1.82) is 0 Å². The van der Waals surface area contributed by atoms with E-state index >= 15 is 0 Å². The molecule has 2 unspecified atom stereocenters. The zero-order chi connectivity index (χ0) is 43.7. The molecule has 0 saturated carbocycles. The van der Waals surface area contributed by atoms with E-state index in [0.29, 0.717) is 19.4 Å². The van der Waals surface area contributed by atoms with Crippen molar-refractivity contribution in [1.82, 2.24) is 5.32 Å². The van der Waals surface area contributed by atoms with Crippen LogP contribution < -0.4 is 5.32 Å². The lowest BCUT2D eigenvalue weighted by atomic mass is 10.0. The fourth-order valence-corrected chi connectivity index (χ4v) is 8.10. The Morgan fingerprint density at radius 3 is 1.18 bits per heavy atom. The van der Waals surface area contributed by atoms with Gasteiger partial charge in [-0.15, -0.1) is 0 Å². The predicted molar refractivity (Wildman–Crippen MR) is 260 cm³/mol. The summed E-state index contributed by atoms with van der Waals surface area (Å²) in [7, 11) is 0. The minimum absolute atomic E-state index is 0.0110. The van der Waals surface area contributed by atoms with Gasteiger partial charge >= 0.3 is 5.97 Å². The van der Waals surface area contributed by atoms with Gasteiger partial charge in [0.1, 0.15) is 0 Å². The molecule has 0 heterocycles. The molecule has 0 radical (unpaired) electrons. The van der Waals surface area contributed by atoms with Gasteiger partial charge in [-0.2, -0.15) is 0 Å². The maximum Gasteiger partial charge on any atom is 0.305 e. The minimum Gasteiger partial charge on any atom is -0.466 e. The summed E-state index contributed by atoms with van der Waals surface area (Å²) in [6, 6.07) is -0.635. The van der Waals surface area contributed by atoms with Crippen LogP contribution in [0.25, 0.3) is 0 Å². The van der Waals surface area contributed by atoms with E-state index in [9.17, 15) is 19.8 Å². The lowest BCUT2D eigenvalue weighted by molar-refractivity contribution is -0.143. The topological polar surface area (TPSA) is 95.9 Å². The Balaban J connectivity index is 3.46. The highest BCUT2D eigenvalue weighted by atomic mass is 16.5. The molecule has 0 spiro atoms. The van der Waals surface area contributed by atoms with E-state index in [4.69, 9.17) is 4.74 Å². The van der Waals surface area contributed by atoms with Crippen LogP contribution >= 0.6 is 0 Å². The third-order valence-corrected chi connectivity index (χ3v) is 12.2. The molecule has 0 fully saturated rings. The third-order valence-electron chi connectivity index (χ3n) is 12.2. The van der Waals surface area contributed by atoms with Crippen LogP contribution in [0.5, 0.6) is 0 Å². The molecule has 0 aliphatic rings. The standard InChI is InChI=1S/C54H103NO5/c1-3-5-7-9-11-13-15-17-18-19-24-28-32-36-40-44-48-54(59)60-49-45-41-37-33-29-25-21-20-23-27-31-35-39-43-47-53(58)55-51(50-56)52(57)46-42-38-34-30-26-22-16-14-12-10-8-6-4-2/h18-19,42,46,51-52,56-57H,3-17,20-41,43-45,47-50H2,1-2H3,(H,55,58)/b19-18-,46-42+. The van der Waals surface area contributed by atoms with Crippen LogP contribution in [0.4, 0.5) is 0 Å². The number of ether oxygens (including phenoxy) is 1. The number of rotatable bonds is 49. The lowest BCUT2D eigenvalue weighted by Gasteiger charge is -2.20. The van der Waals surface area contributed by atoms with E-state index in [1.807, 2.05) is 6.08 Å². The number of allylic oxidation sites excluding steroid dienone is 3. The van der Waals surface area contributed by atoms with Gasteiger partial charge in [-0.3, -0.25) is 9.59 Å². The Morgan fingerprint density at radius 1 is 0.450 bits per heavy atom. The summed E-state index contributed by atoms with van der Waals surface area (Å²) in [5.74, 6) is -0.0899. The summed E-state index contributed by atoms with van der Waals surface area (Å²) in [6.45, 7) is 4.87. The van der Waals surface area contributed by atoms with Gasteiger partial charge in [-0.05, 0) is 57.8 Å². The van der Waals surface area contributed by atoms with Crippen molar-refractivity contribution in [3.05, 3.63) is 24.3 Å². The largest absolute Gasteiger partial charge is 0.466 e. The molecule has 3 N–H and O–H groups in total. The molecule has 0 aromatic carbocycles. The Labute approximate surface area is 373 Å². The SMILES string of the molecule is CCCCCCCCC/C=C\CCCCCCCC(=O)OCCCCCCCCCCCCCCCCC(=O)NC(CO)C(O)/C=C/CCCCCCCCCCCCC. The molecule has 0 bridgehead atoms. The van der Waals surface area contributed by atoms with E-state index in [2.05, 4.69) is 31.3 Å². The number of unbranched alkanes of at least 4 members (excludes halogenated alkanes) is 36. The summed E-state index contributed by atoms with van der Waals surface area (Å²) in [5.41, 5.74) is 0. The third kappa shape index (κ3) is 45.9. The van der Waals surface area contributed by atoms with E-state index < -0.39 is 12.1 Å².